The molecule has 1 unspecified atom stereocenters. The second-order valence-corrected chi connectivity index (χ2v) is 11.4. The van der Waals surface area contributed by atoms with Crippen LogP contribution in [0.1, 0.15) is 25.8 Å². The number of halogens is 2. The van der Waals surface area contributed by atoms with Crippen molar-refractivity contribution >= 4 is 66.0 Å². The van der Waals surface area contributed by atoms with Crippen LogP contribution >= 0.6 is 38.5 Å². The maximum Gasteiger partial charge on any atom is 0.244 e. The van der Waals surface area contributed by atoms with Crippen molar-refractivity contribution in [2.75, 3.05) is 23.7 Å². The van der Waals surface area contributed by atoms with Gasteiger partial charge in [0.25, 0.3) is 0 Å². The predicted octanol–water partition coefficient (Wildman–Crippen LogP) is 3.76. The molecule has 0 aliphatic heterocycles. The zero-order chi connectivity index (χ0) is 23.9. The molecule has 0 heterocycles. The third-order valence-electron chi connectivity index (χ3n) is 4.78. The van der Waals surface area contributed by atoms with Crippen molar-refractivity contribution < 1.29 is 18.0 Å². The van der Waals surface area contributed by atoms with Gasteiger partial charge in [0.05, 0.1) is 11.9 Å². The Balaban J connectivity index is 2.34. The fraction of sp³-hybridized carbons (Fsp3) is 0.364. The molecule has 2 aromatic rings. The maximum atomic E-state index is 13.4. The molecule has 32 heavy (non-hydrogen) atoms. The highest BCUT2D eigenvalue weighted by molar-refractivity contribution is 14.1. The van der Waals surface area contributed by atoms with Gasteiger partial charge in [0, 0.05) is 21.1 Å². The molecule has 2 aromatic carbocycles. The van der Waals surface area contributed by atoms with E-state index in [1.807, 2.05) is 31.2 Å². The zero-order valence-corrected chi connectivity index (χ0v) is 22.8. The summed E-state index contributed by atoms with van der Waals surface area (Å²) in [5, 5.41) is 2.81. The smallest absolute Gasteiger partial charge is 0.244 e. The van der Waals surface area contributed by atoms with Gasteiger partial charge in [0.1, 0.15) is 12.6 Å². The summed E-state index contributed by atoms with van der Waals surface area (Å²) in [6.07, 6.45) is 1.84. The van der Waals surface area contributed by atoms with Crippen LogP contribution in [0.5, 0.6) is 0 Å². The van der Waals surface area contributed by atoms with E-state index in [-0.39, 0.29) is 12.5 Å². The monoisotopic (exact) mass is 635 g/mol. The lowest BCUT2D eigenvalue weighted by atomic mass is 10.1. The van der Waals surface area contributed by atoms with Crippen molar-refractivity contribution in [2.24, 2.45) is 0 Å². The minimum Gasteiger partial charge on any atom is -0.354 e. The Morgan fingerprint density at radius 2 is 1.69 bits per heavy atom. The van der Waals surface area contributed by atoms with Crippen molar-refractivity contribution in [3.63, 3.8) is 0 Å². The fourth-order valence-electron chi connectivity index (χ4n) is 2.99. The summed E-state index contributed by atoms with van der Waals surface area (Å²) >= 11 is 5.52. The Labute approximate surface area is 211 Å². The highest BCUT2D eigenvalue weighted by Crippen LogP contribution is 2.21. The van der Waals surface area contributed by atoms with Gasteiger partial charge in [0.2, 0.25) is 21.8 Å². The normalized spacial score (nSPS) is 12.2. The van der Waals surface area contributed by atoms with E-state index >= 15 is 0 Å². The number of carbonyl (C=O) groups excluding carboxylic acids is 2. The van der Waals surface area contributed by atoms with Crippen LogP contribution in [0.15, 0.2) is 53.0 Å². The fourth-order valence-corrected chi connectivity index (χ4v) is 4.46. The first-order valence-corrected chi connectivity index (χ1v) is 13.8. The molecule has 0 saturated carbocycles. The highest BCUT2D eigenvalue weighted by atomic mass is 127. The molecular weight excluding hydrogens is 609 g/mol. The first-order chi connectivity index (χ1) is 15.0. The number of rotatable bonds is 10. The molecule has 0 saturated heterocycles. The number of anilines is 1. The number of hydrogen-bond donors (Lipinski definition) is 1. The van der Waals surface area contributed by atoms with Gasteiger partial charge in [-0.1, -0.05) is 35.0 Å². The summed E-state index contributed by atoms with van der Waals surface area (Å²) in [5.41, 5.74) is 1.23. The quantitative estimate of drug-likeness (QED) is 0.403. The average molecular weight is 636 g/mol. The Hall–Kier alpha value is -1.66. The lowest BCUT2D eigenvalue weighted by Gasteiger charge is -2.31. The number of hydrogen-bond acceptors (Lipinski definition) is 4. The predicted molar refractivity (Wildman–Crippen MR) is 139 cm³/mol. The minimum atomic E-state index is -3.72. The van der Waals surface area contributed by atoms with Crippen LogP contribution in [0, 0.1) is 3.57 Å². The summed E-state index contributed by atoms with van der Waals surface area (Å²) in [5.74, 6) is -0.742. The third kappa shape index (κ3) is 7.73. The van der Waals surface area contributed by atoms with Crippen molar-refractivity contribution in [1.82, 2.24) is 10.2 Å². The van der Waals surface area contributed by atoms with Gasteiger partial charge in [-0.15, -0.1) is 0 Å². The summed E-state index contributed by atoms with van der Waals surface area (Å²) in [4.78, 5) is 27.4. The van der Waals surface area contributed by atoms with Crippen LogP contribution in [0.2, 0.25) is 0 Å². The standard InChI is InChI=1S/C22H27BrIN3O4S/c1-4-13-25-22(29)16(2)26(14-17-5-7-18(23)8-6-17)21(28)15-27(32(3,30)31)20-11-9-19(24)10-12-20/h5-12,16H,4,13-15H2,1-3H3,(H,25,29). The Morgan fingerprint density at radius 3 is 2.22 bits per heavy atom. The number of nitrogens with one attached hydrogen (secondary N) is 1. The molecule has 0 aliphatic carbocycles. The molecule has 10 heteroatoms. The maximum absolute atomic E-state index is 13.4. The third-order valence-corrected chi connectivity index (χ3v) is 7.16. The summed E-state index contributed by atoms with van der Waals surface area (Å²) in [7, 11) is -3.72. The van der Waals surface area contributed by atoms with Crippen LogP contribution in [-0.2, 0) is 26.2 Å². The van der Waals surface area contributed by atoms with Crippen LogP contribution < -0.4 is 9.62 Å². The second-order valence-electron chi connectivity index (χ2n) is 7.36. The first-order valence-electron chi connectivity index (χ1n) is 10.1. The van der Waals surface area contributed by atoms with Gasteiger partial charge < -0.3 is 10.2 Å². The summed E-state index contributed by atoms with van der Waals surface area (Å²) in [6, 6.07) is 13.5. The zero-order valence-electron chi connectivity index (χ0n) is 18.2. The van der Waals surface area contributed by atoms with Crippen molar-refractivity contribution in [3.8, 4) is 0 Å². The molecule has 7 nitrogen and oxygen atoms in total. The highest BCUT2D eigenvalue weighted by Gasteiger charge is 2.29. The molecule has 0 bridgehead atoms. The summed E-state index contributed by atoms with van der Waals surface area (Å²) < 4.78 is 27.9. The van der Waals surface area contributed by atoms with Gasteiger partial charge in [-0.05, 0) is 77.9 Å². The van der Waals surface area contributed by atoms with E-state index < -0.39 is 28.5 Å². The molecular formula is C22H27BrIN3O4S. The SMILES string of the molecule is CCCNC(=O)C(C)N(Cc1ccc(Br)cc1)C(=O)CN(c1ccc(I)cc1)S(C)(=O)=O. The molecule has 0 aromatic heterocycles. The van der Waals surface area contributed by atoms with Crippen LogP contribution in [0.4, 0.5) is 5.69 Å². The largest absolute Gasteiger partial charge is 0.354 e. The lowest BCUT2D eigenvalue weighted by Crippen LogP contribution is -2.51. The van der Waals surface area contributed by atoms with E-state index in [0.717, 1.165) is 30.6 Å². The van der Waals surface area contributed by atoms with Gasteiger partial charge in [0.15, 0.2) is 0 Å². The van der Waals surface area contributed by atoms with Gasteiger partial charge in [-0.25, -0.2) is 8.42 Å². The van der Waals surface area contributed by atoms with E-state index in [4.69, 9.17) is 0 Å². The van der Waals surface area contributed by atoms with Crippen LogP contribution in [-0.4, -0.2) is 50.5 Å². The van der Waals surface area contributed by atoms with E-state index in [2.05, 4.69) is 43.8 Å². The number of carbonyl (C=O) groups is 2. The number of nitrogens with zero attached hydrogens (tertiary/aromatic N) is 2. The lowest BCUT2D eigenvalue weighted by molar-refractivity contribution is -0.139. The van der Waals surface area contributed by atoms with Crippen LogP contribution in [0.3, 0.4) is 0 Å². The molecule has 1 N–H and O–H groups in total. The molecule has 0 radical (unpaired) electrons. The van der Waals surface area contributed by atoms with Gasteiger partial charge in [-0.2, -0.15) is 0 Å². The Kier molecular flexibility index (Phi) is 9.96. The number of benzene rings is 2. The van der Waals surface area contributed by atoms with Crippen molar-refractivity contribution in [3.05, 3.63) is 62.1 Å². The molecule has 0 fully saturated rings. The van der Waals surface area contributed by atoms with Crippen LogP contribution in [0.25, 0.3) is 0 Å². The van der Waals surface area contributed by atoms with Crippen molar-refractivity contribution in [2.45, 2.75) is 32.9 Å². The Bertz CT molecular complexity index is 1030. The molecule has 1 atom stereocenters. The van der Waals surface area contributed by atoms with E-state index in [1.54, 1.807) is 31.2 Å². The molecule has 174 valence electrons. The molecule has 2 amide bonds. The number of amides is 2. The van der Waals surface area contributed by atoms with E-state index in [9.17, 15) is 18.0 Å². The summed E-state index contributed by atoms with van der Waals surface area (Å²) in [6.45, 7) is 3.87. The van der Waals surface area contributed by atoms with Gasteiger partial charge >= 0.3 is 0 Å². The minimum absolute atomic E-state index is 0.178. The number of sulfonamides is 1. The molecule has 2 rings (SSSR count). The molecule has 0 aliphatic rings. The van der Waals surface area contributed by atoms with E-state index in [0.29, 0.717) is 12.2 Å². The first kappa shape index (κ1) is 26.6. The average Bonchev–Trinajstić information content (AvgIpc) is 2.74. The van der Waals surface area contributed by atoms with Gasteiger partial charge in [-0.3, -0.25) is 13.9 Å². The second kappa shape index (κ2) is 12.0. The topological polar surface area (TPSA) is 86.8 Å². The van der Waals surface area contributed by atoms with E-state index in [1.165, 1.54) is 4.90 Å². The Morgan fingerprint density at radius 1 is 1.09 bits per heavy atom. The molecule has 0 spiro atoms. The van der Waals surface area contributed by atoms with Crippen molar-refractivity contribution in [1.29, 1.82) is 0 Å².